The van der Waals surface area contributed by atoms with E-state index in [0.717, 1.165) is 12.0 Å². The van der Waals surface area contributed by atoms with Crippen LogP contribution in [-0.4, -0.2) is 25.4 Å². The molecule has 1 aromatic rings. The molecule has 1 aromatic carbocycles. The van der Waals surface area contributed by atoms with E-state index < -0.39 is 25.9 Å². The van der Waals surface area contributed by atoms with Crippen LogP contribution in [0.25, 0.3) is 0 Å². The summed E-state index contributed by atoms with van der Waals surface area (Å²) in [5.74, 6) is 0.705. The molecule has 0 spiro atoms. The van der Waals surface area contributed by atoms with Crippen molar-refractivity contribution >= 4 is 20.4 Å². The van der Waals surface area contributed by atoms with Crippen LogP contribution in [0.1, 0.15) is 24.8 Å². The maximum Gasteiger partial charge on any atom is 0.523 e. The fourth-order valence-corrected chi connectivity index (χ4v) is 7.48. The van der Waals surface area contributed by atoms with E-state index in [-0.39, 0.29) is 0 Å². The third-order valence-corrected chi connectivity index (χ3v) is 8.76. The minimum absolute atomic E-state index is 0.353. The van der Waals surface area contributed by atoms with Crippen LogP contribution < -0.4 is 0 Å². The van der Waals surface area contributed by atoms with Crippen molar-refractivity contribution in [1.82, 2.24) is 0 Å². The Bertz CT molecular complexity index is 588. The summed E-state index contributed by atoms with van der Waals surface area (Å²) in [5.41, 5.74) is -4.42. The molecule has 3 nitrogen and oxygen atoms in total. The van der Waals surface area contributed by atoms with Crippen LogP contribution in [0, 0.1) is 6.92 Å². The van der Waals surface area contributed by atoms with Crippen molar-refractivity contribution in [1.29, 1.82) is 0 Å². The Hall–Kier alpha value is -0.730. The van der Waals surface area contributed by atoms with Crippen molar-refractivity contribution in [3.8, 4) is 0 Å². The van der Waals surface area contributed by atoms with E-state index in [2.05, 4.69) is 0 Å². The lowest BCUT2D eigenvalue weighted by Crippen LogP contribution is -2.30. The standard InChI is InChI=1S/C13H17F3O3S2/c1-11-5-7-12(8-6-11)20(9-3-2-4-10-20)19-21(17,18)13(14,15)16/h5-8H,2-4,9-10H2,1H3. The lowest BCUT2D eigenvalue weighted by Gasteiger charge is -2.41. The molecule has 0 unspecified atom stereocenters. The van der Waals surface area contributed by atoms with Crippen LogP contribution in [0.2, 0.25) is 0 Å². The van der Waals surface area contributed by atoms with E-state index in [1.54, 1.807) is 24.3 Å². The monoisotopic (exact) mass is 342 g/mol. The Morgan fingerprint density at radius 1 is 1.05 bits per heavy atom. The molecule has 0 bridgehead atoms. The molecule has 8 heteroatoms. The van der Waals surface area contributed by atoms with Gasteiger partial charge in [-0.3, -0.25) is 0 Å². The van der Waals surface area contributed by atoms with Crippen molar-refractivity contribution in [3.05, 3.63) is 29.8 Å². The summed E-state index contributed by atoms with van der Waals surface area (Å²) < 4.78 is 65.6. The van der Waals surface area contributed by atoms with Gasteiger partial charge in [0, 0.05) is 16.4 Å². The van der Waals surface area contributed by atoms with Gasteiger partial charge in [0.25, 0.3) is 0 Å². The first-order chi connectivity index (χ1) is 9.66. The Morgan fingerprint density at radius 3 is 2.05 bits per heavy atom. The Morgan fingerprint density at radius 2 is 1.57 bits per heavy atom. The van der Waals surface area contributed by atoms with Crippen LogP contribution in [0.15, 0.2) is 29.2 Å². The molecule has 1 fully saturated rings. The molecule has 120 valence electrons. The third kappa shape index (κ3) is 3.54. The highest BCUT2D eigenvalue weighted by Gasteiger charge is 2.51. The summed E-state index contributed by atoms with van der Waals surface area (Å²) in [4.78, 5) is 0.570. The number of rotatable bonds is 3. The van der Waals surface area contributed by atoms with Crippen LogP contribution in [0.4, 0.5) is 13.2 Å². The predicted octanol–water partition coefficient (Wildman–Crippen LogP) is 4.12. The highest BCUT2D eigenvalue weighted by atomic mass is 32.3. The van der Waals surface area contributed by atoms with Gasteiger partial charge in [-0.2, -0.15) is 21.6 Å². The molecular weight excluding hydrogens is 325 g/mol. The zero-order valence-corrected chi connectivity index (χ0v) is 13.2. The minimum atomic E-state index is -5.58. The third-order valence-electron chi connectivity index (χ3n) is 3.40. The van der Waals surface area contributed by atoms with Crippen LogP contribution in [0.5, 0.6) is 0 Å². The molecule has 0 N–H and O–H groups in total. The number of aryl methyl sites for hydroxylation is 1. The average molecular weight is 342 g/mol. The van der Waals surface area contributed by atoms with Gasteiger partial charge >= 0.3 is 15.6 Å². The summed E-state index contributed by atoms with van der Waals surface area (Å²) in [6.07, 6.45) is 2.24. The van der Waals surface area contributed by atoms with E-state index in [1.165, 1.54) is 0 Å². The van der Waals surface area contributed by atoms with Crippen LogP contribution in [0.3, 0.4) is 0 Å². The van der Waals surface area contributed by atoms with Crippen molar-refractivity contribution in [3.63, 3.8) is 0 Å². The average Bonchev–Trinajstić information content (AvgIpc) is 2.38. The molecule has 2 rings (SSSR count). The summed E-state index contributed by atoms with van der Waals surface area (Å²) in [7, 11) is -8.02. The molecule has 21 heavy (non-hydrogen) atoms. The molecule has 0 saturated carbocycles. The molecule has 1 heterocycles. The second-order valence-corrected chi connectivity index (χ2v) is 9.89. The Balaban J connectivity index is 2.41. The van der Waals surface area contributed by atoms with Crippen molar-refractivity contribution in [2.24, 2.45) is 0 Å². The van der Waals surface area contributed by atoms with E-state index in [9.17, 15) is 21.6 Å². The Labute approximate surface area is 124 Å². The van der Waals surface area contributed by atoms with Crippen molar-refractivity contribution in [2.45, 2.75) is 36.6 Å². The molecular formula is C13H17F3O3S2. The SMILES string of the molecule is Cc1ccc(S2(OS(=O)(=O)C(F)(F)F)CCCCC2)cc1. The zero-order valence-electron chi connectivity index (χ0n) is 11.5. The summed E-state index contributed by atoms with van der Waals surface area (Å²) in [6.45, 7) is 1.86. The summed E-state index contributed by atoms with van der Waals surface area (Å²) in [5, 5.41) is 0. The van der Waals surface area contributed by atoms with Crippen molar-refractivity contribution < 1.29 is 25.2 Å². The van der Waals surface area contributed by atoms with Gasteiger partial charge in [-0.1, -0.05) is 34.4 Å². The predicted molar refractivity (Wildman–Crippen MR) is 76.7 cm³/mol. The summed E-state index contributed by atoms with van der Waals surface area (Å²) in [6, 6.07) is 6.90. The molecule has 0 amide bonds. The molecule has 0 aromatic heterocycles. The van der Waals surface area contributed by atoms with E-state index in [4.69, 9.17) is 3.63 Å². The van der Waals surface area contributed by atoms with E-state index >= 15 is 0 Å². The van der Waals surface area contributed by atoms with Gasteiger partial charge in [-0.05, 0) is 31.9 Å². The molecule has 1 aliphatic rings. The highest BCUT2D eigenvalue weighted by Crippen LogP contribution is 2.62. The van der Waals surface area contributed by atoms with Gasteiger partial charge in [-0.25, -0.2) is 3.63 Å². The molecule has 1 saturated heterocycles. The second-order valence-electron chi connectivity index (χ2n) is 5.06. The topological polar surface area (TPSA) is 43.4 Å². The quantitative estimate of drug-likeness (QED) is 0.776. The van der Waals surface area contributed by atoms with Gasteiger partial charge in [0.05, 0.1) is 0 Å². The zero-order chi connectivity index (χ0) is 15.7. The fourth-order valence-electron chi connectivity index (χ4n) is 2.29. The number of benzene rings is 1. The molecule has 0 radical (unpaired) electrons. The van der Waals surface area contributed by atoms with Gasteiger partial charge in [0.15, 0.2) is 0 Å². The number of hydrogen-bond acceptors (Lipinski definition) is 3. The highest BCUT2D eigenvalue weighted by molar-refractivity contribution is 8.33. The lowest BCUT2D eigenvalue weighted by molar-refractivity contribution is -0.0496. The van der Waals surface area contributed by atoms with Crippen LogP contribution in [-0.2, 0) is 13.7 Å². The van der Waals surface area contributed by atoms with E-state index in [0.29, 0.717) is 29.2 Å². The van der Waals surface area contributed by atoms with Gasteiger partial charge in [-0.15, -0.1) is 0 Å². The number of hydrogen-bond donors (Lipinski definition) is 0. The Kier molecular flexibility index (Phi) is 4.60. The van der Waals surface area contributed by atoms with Crippen LogP contribution >= 0.6 is 10.3 Å². The number of alkyl halides is 3. The number of halogens is 3. The normalized spacial score (nSPS) is 21.0. The minimum Gasteiger partial charge on any atom is -0.209 e. The largest absolute Gasteiger partial charge is 0.523 e. The fraction of sp³-hybridized carbons (Fsp3) is 0.538. The first-order valence-electron chi connectivity index (χ1n) is 6.54. The van der Waals surface area contributed by atoms with Gasteiger partial charge in [0.2, 0.25) is 0 Å². The lowest BCUT2D eigenvalue weighted by atomic mass is 10.2. The molecule has 1 aliphatic heterocycles. The smallest absolute Gasteiger partial charge is 0.209 e. The molecule has 0 aliphatic carbocycles. The maximum absolute atomic E-state index is 12.6. The first kappa shape index (κ1) is 16.6. The second kappa shape index (κ2) is 5.81. The maximum atomic E-state index is 12.6. The van der Waals surface area contributed by atoms with Crippen molar-refractivity contribution in [2.75, 3.05) is 11.5 Å². The van der Waals surface area contributed by atoms with Gasteiger partial charge < -0.3 is 0 Å². The molecule has 0 atom stereocenters. The van der Waals surface area contributed by atoms with Gasteiger partial charge in [0.1, 0.15) is 0 Å². The summed E-state index contributed by atoms with van der Waals surface area (Å²) >= 11 is 0. The van der Waals surface area contributed by atoms with E-state index in [1.807, 2.05) is 6.92 Å². The first-order valence-corrected chi connectivity index (χ1v) is 9.85.